The Bertz CT molecular complexity index is 1450. The topological polar surface area (TPSA) is 112 Å². The van der Waals surface area contributed by atoms with Crippen molar-refractivity contribution in [3.05, 3.63) is 65.9 Å². The number of aliphatic hydroxyl groups is 1. The van der Waals surface area contributed by atoms with Crippen molar-refractivity contribution in [2.45, 2.75) is 25.8 Å². The molecule has 1 saturated heterocycles. The van der Waals surface area contributed by atoms with Gasteiger partial charge in [-0.1, -0.05) is 0 Å². The Kier molecular flexibility index (Phi) is 7.14. The zero-order valence-corrected chi connectivity index (χ0v) is 21.1. The highest BCUT2D eigenvalue weighted by Gasteiger charge is 2.26. The van der Waals surface area contributed by atoms with Gasteiger partial charge in [0, 0.05) is 56.9 Å². The first-order valence-corrected chi connectivity index (χ1v) is 12.3. The van der Waals surface area contributed by atoms with Crippen LogP contribution in [-0.4, -0.2) is 73.7 Å². The Morgan fingerprint density at radius 3 is 2.55 bits per heavy atom. The predicted molar refractivity (Wildman–Crippen MR) is 138 cm³/mol. The van der Waals surface area contributed by atoms with Gasteiger partial charge in [-0.15, -0.1) is 0 Å². The standard InChI is InChI=1S/C26H28F2N8O2/c1-16-12-29-26(30-13-16)35-7-5-18(6-8-35)36-14-20(28)22-23(31-15-32-24(22)36)33-21-4-3-17(11-19(21)27)25(38)34(2)9-10-37/h3-4,11-15,18,37H,5-10H2,1-2H3,(H,31,32,33). The maximum absolute atomic E-state index is 15.2. The maximum Gasteiger partial charge on any atom is 0.253 e. The van der Waals surface area contributed by atoms with Gasteiger partial charge in [0.15, 0.2) is 5.82 Å². The summed E-state index contributed by atoms with van der Waals surface area (Å²) in [4.78, 5) is 33.1. The number of fused-ring (bicyclic) bond motifs is 1. The number of amides is 1. The van der Waals surface area contributed by atoms with E-state index in [2.05, 4.69) is 30.2 Å². The lowest BCUT2D eigenvalue weighted by atomic mass is 10.1. The van der Waals surface area contributed by atoms with E-state index in [1.165, 1.54) is 36.6 Å². The third kappa shape index (κ3) is 4.99. The number of nitrogens with zero attached hydrogens (tertiary/aromatic N) is 7. The largest absolute Gasteiger partial charge is 0.395 e. The van der Waals surface area contributed by atoms with Gasteiger partial charge in [-0.25, -0.2) is 28.7 Å². The fourth-order valence-electron chi connectivity index (χ4n) is 4.66. The number of likely N-dealkylation sites (N-methyl/N-ethyl adjacent to an activating group) is 1. The monoisotopic (exact) mass is 522 g/mol. The van der Waals surface area contributed by atoms with E-state index in [1.807, 2.05) is 11.5 Å². The summed E-state index contributed by atoms with van der Waals surface area (Å²) in [5.41, 5.74) is 1.60. The van der Waals surface area contributed by atoms with E-state index < -0.39 is 17.5 Å². The summed E-state index contributed by atoms with van der Waals surface area (Å²) in [5.74, 6) is -0.805. The van der Waals surface area contributed by atoms with E-state index in [0.717, 1.165) is 37.6 Å². The molecule has 1 amide bonds. The molecule has 5 rings (SSSR count). The smallest absolute Gasteiger partial charge is 0.253 e. The molecule has 0 unspecified atom stereocenters. The van der Waals surface area contributed by atoms with E-state index in [9.17, 15) is 9.18 Å². The lowest BCUT2D eigenvalue weighted by Crippen LogP contribution is -2.35. The molecule has 0 radical (unpaired) electrons. The summed E-state index contributed by atoms with van der Waals surface area (Å²) < 4.78 is 31.9. The van der Waals surface area contributed by atoms with Gasteiger partial charge in [0.1, 0.15) is 23.6 Å². The van der Waals surface area contributed by atoms with E-state index in [0.29, 0.717) is 11.6 Å². The highest BCUT2D eigenvalue weighted by Crippen LogP contribution is 2.33. The average Bonchev–Trinajstić information content (AvgIpc) is 3.27. The molecule has 1 aliphatic heterocycles. The summed E-state index contributed by atoms with van der Waals surface area (Å²) in [6.45, 7) is 3.31. The molecule has 10 nitrogen and oxygen atoms in total. The van der Waals surface area contributed by atoms with Crippen LogP contribution in [0.4, 0.5) is 26.2 Å². The molecule has 198 valence electrons. The molecule has 38 heavy (non-hydrogen) atoms. The Morgan fingerprint density at radius 1 is 1.13 bits per heavy atom. The molecule has 3 aromatic heterocycles. The summed E-state index contributed by atoms with van der Waals surface area (Å²) in [5, 5.41) is 12.0. The molecule has 4 aromatic rings. The number of benzene rings is 1. The Balaban J connectivity index is 1.35. The molecule has 0 atom stereocenters. The van der Waals surface area contributed by atoms with Crippen molar-refractivity contribution >= 4 is 34.4 Å². The van der Waals surface area contributed by atoms with E-state index in [4.69, 9.17) is 5.11 Å². The number of aryl methyl sites for hydroxylation is 1. The first-order valence-electron chi connectivity index (χ1n) is 12.3. The van der Waals surface area contributed by atoms with Crippen LogP contribution in [0.25, 0.3) is 11.0 Å². The minimum Gasteiger partial charge on any atom is -0.395 e. The second kappa shape index (κ2) is 10.7. The summed E-state index contributed by atoms with van der Waals surface area (Å²) in [6.07, 6.45) is 7.82. The molecule has 1 aromatic carbocycles. The number of hydrogen-bond acceptors (Lipinski definition) is 8. The van der Waals surface area contributed by atoms with Gasteiger partial charge in [-0.3, -0.25) is 4.79 Å². The highest BCUT2D eigenvalue weighted by molar-refractivity contribution is 5.95. The Hall–Kier alpha value is -4.19. The number of aliphatic hydroxyl groups excluding tert-OH is 1. The summed E-state index contributed by atoms with van der Waals surface area (Å²) in [7, 11) is 1.52. The zero-order chi connectivity index (χ0) is 26.8. The van der Waals surface area contributed by atoms with Crippen LogP contribution in [0.3, 0.4) is 0 Å². The molecule has 4 heterocycles. The SMILES string of the molecule is Cc1cnc(N2CCC(n3cc(F)c4c(Nc5ccc(C(=O)N(C)CCO)cc5F)ncnc43)CC2)nc1. The number of hydrogen-bond donors (Lipinski definition) is 2. The third-order valence-corrected chi connectivity index (χ3v) is 6.72. The quantitative estimate of drug-likeness (QED) is 0.380. The molecule has 0 saturated carbocycles. The Morgan fingerprint density at radius 2 is 1.87 bits per heavy atom. The van der Waals surface area contributed by atoms with Crippen LogP contribution in [0.5, 0.6) is 0 Å². The Labute approximate surface area is 218 Å². The molecule has 0 spiro atoms. The number of rotatable bonds is 7. The number of carbonyl (C=O) groups excluding carboxylic acids is 1. The number of anilines is 3. The van der Waals surface area contributed by atoms with Gasteiger partial charge < -0.3 is 24.8 Å². The first kappa shape index (κ1) is 25.5. The maximum atomic E-state index is 15.2. The predicted octanol–water partition coefficient (Wildman–Crippen LogP) is 3.46. The van der Waals surface area contributed by atoms with Crippen molar-refractivity contribution in [3.63, 3.8) is 0 Å². The fraction of sp³-hybridized carbons (Fsp3) is 0.346. The molecule has 12 heteroatoms. The number of nitrogens with one attached hydrogen (secondary N) is 1. The molecule has 2 N–H and O–H groups in total. The summed E-state index contributed by atoms with van der Waals surface area (Å²) >= 11 is 0. The first-order chi connectivity index (χ1) is 18.4. The molecule has 1 fully saturated rings. The number of carbonyl (C=O) groups is 1. The molecule has 0 bridgehead atoms. The highest BCUT2D eigenvalue weighted by atomic mass is 19.1. The normalized spacial score (nSPS) is 14.2. The van der Waals surface area contributed by atoms with E-state index >= 15 is 4.39 Å². The van der Waals surface area contributed by atoms with Crippen LogP contribution in [-0.2, 0) is 0 Å². The minimum atomic E-state index is -0.689. The van der Waals surface area contributed by atoms with Gasteiger partial charge in [0.05, 0.1) is 17.7 Å². The lowest BCUT2D eigenvalue weighted by molar-refractivity contribution is 0.0766. The van der Waals surface area contributed by atoms with Gasteiger partial charge in [-0.05, 0) is 43.5 Å². The van der Waals surface area contributed by atoms with E-state index in [-0.39, 0.29) is 41.6 Å². The number of halogens is 2. The van der Waals surface area contributed by atoms with Crippen molar-refractivity contribution in [1.82, 2.24) is 29.4 Å². The van der Waals surface area contributed by atoms with Crippen LogP contribution in [0, 0.1) is 18.6 Å². The minimum absolute atomic E-state index is 0.0180. The van der Waals surface area contributed by atoms with Crippen molar-refractivity contribution in [3.8, 4) is 0 Å². The molecule has 1 aliphatic rings. The van der Waals surface area contributed by atoms with Gasteiger partial charge in [-0.2, -0.15) is 0 Å². The lowest BCUT2D eigenvalue weighted by Gasteiger charge is -2.32. The fourth-order valence-corrected chi connectivity index (χ4v) is 4.66. The van der Waals surface area contributed by atoms with Crippen LogP contribution < -0.4 is 10.2 Å². The van der Waals surface area contributed by atoms with E-state index in [1.54, 1.807) is 12.4 Å². The van der Waals surface area contributed by atoms with Crippen LogP contribution >= 0.6 is 0 Å². The summed E-state index contributed by atoms with van der Waals surface area (Å²) in [6, 6.07) is 3.99. The van der Waals surface area contributed by atoms with Crippen LogP contribution in [0.15, 0.2) is 43.1 Å². The van der Waals surface area contributed by atoms with Gasteiger partial charge >= 0.3 is 0 Å². The second-order valence-corrected chi connectivity index (χ2v) is 9.35. The van der Waals surface area contributed by atoms with Crippen molar-refractivity contribution < 1.29 is 18.7 Å². The van der Waals surface area contributed by atoms with Crippen LogP contribution in [0.2, 0.25) is 0 Å². The number of piperidine rings is 1. The average molecular weight is 523 g/mol. The number of aromatic nitrogens is 5. The van der Waals surface area contributed by atoms with Crippen LogP contribution in [0.1, 0.15) is 34.8 Å². The molecular formula is C26H28F2N8O2. The molecule has 0 aliphatic carbocycles. The van der Waals surface area contributed by atoms with Crippen molar-refractivity contribution in [2.24, 2.45) is 0 Å². The van der Waals surface area contributed by atoms with Gasteiger partial charge in [0.25, 0.3) is 5.91 Å². The van der Waals surface area contributed by atoms with Crippen molar-refractivity contribution in [1.29, 1.82) is 0 Å². The second-order valence-electron chi connectivity index (χ2n) is 9.35. The van der Waals surface area contributed by atoms with Gasteiger partial charge in [0.2, 0.25) is 5.95 Å². The molecular weight excluding hydrogens is 494 g/mol. The van der Waals surface area contributed by atoms with Crippen molar-refractivity contribution in [2.75, 3.05) is 43.5 Å². The zero-order valence-electron chi connectivity index (χ0n) is 21.1. The third-order valence-electron chi connectivity index (χ3n) is 6.72.